The van der Waals surface area contributed by atoms with E-state index in [1.165, 1.54) is 16.5 Å². The second kappa shape index (κ2) is 9.65. The Labute approximate surface area is 200 Å². The first kappa shape index (κ1) is 22.8. The van der Waals surface area contributed by atoms with E-state index in [1.54, 1.807) is 7.11 Å². The molecule has 0 aliphatic heterocycles. The molecule has 0 bridgehead atoms. The van der Waals surface area contributed by atoms with Crippen LogP contribution in [-0.4, -0.2) is 26.4 Å². The van der Waals surface area contributed by atoms with E-state index >= 15 is 0 Å². The Kier molecular flexibility index (Phi) is 6.89. The predicted molar refractivity (Wildman–Crippen MR) is 141 cm³/mol. The largest absolute Gasteiger partial charge is 0.497 e. The number of fused-ring (bicyclic) bond motifs is 1. The highest BCUT2D eigenvalue weighted by Crippen LogP contribution is 2.43. The minimum absolute atomic E-state index is 0.526. The lowest BCUT2D eigenvalue weighted by Gasteiger charge is -2.18. The molecule has 166 valence electrons. The molecule has 0 unspecified atom stereocenters. The van der Waals surface area contributed by atoms with Crippen molar-refractivity contribution in [3.05, 3.63) is 77.3 Å². The van der Waals surface area contributed by atoms with E-state index in [1.807, 2.05) is 12.1 Å². The lowest BCUT2D eigenvalue weighted by molar-refractivity contribution is 0.0913. The van der Waals surface area contributed by atoms with Gasteiger partial charge in [-0.2, -0.15) is 0 Å². The van der Waals surface area contributed by atoms with Gasteiger partial charge in [-0.05, 0) is 35.9 Å². The second-order valence-corrected chi connectivity index (χ2v) is 15.7. The monoisotopic (exact) mass is 507 g/mol. The van der Waals surface area contributed by atoms with Crippen molar-refractivity contribution in [2.75, 3.05) is 13.7 Å². The third kappa shape index (κ3) is 4.85. The van der Waals surface area contributed by atoms with Crippen LogP contribution in [0, 0.1) is 0 Å². The molecule has 4 aromatic rings. The van der Waals surface area contributed by atoms with Gasteiger partial charge in [-0.25, -0.2) is 0 Å². The molecule has 4 rings (SSSR count). The topological polar surface area (TPSA) is 23.4 Å². The van der Waals surface area contributed by atoms with Gasteiger partial charge in [0.2, 0.25) is 0 Å². The van der Waals surface area contributed by atoms with Gasteiger partial charge in [0, 0.05) is 35.7 Å². The number of methoxy groups -OCH3 is 1. The van der Waals surface area contributed by atoms with Crippen LogP contribution in [0.5, 0.6) is 5.75 Å². The van der Waals surface area contributed by atoms with E-state index in [0.29, 0.717) is 6.73 Å². The van der Waals surface area contributed by atoms with Crippen molar-refractivity contribution in [3.63, 3.8) is 0 Å². The SMILES string of the molecule is COc1ccc(-c2c(-c3ccccc3Br)n(COCC[Si](C)(C)C)c3ccccc23)cc1. The van der Waals surface area contributed by atoms with Crippen LogP contribution in [0.25, 0.3) is 33.3 Å². The van der Waals surface area contributed by atoms with E-state index in [0.717, 1.165) is 39.7 Å². The maximum absolute atomic E-state index is 6.25. The molecule has 0 saturated carbocycles. The molecule has 0 saturated heterocycles. The van der Waals surface area contributed by atoms with Crippen molar-refractivity contribution < 1.29 is 9.47 Å². The number of nitrogens with zero attached hydrogens (tertiary/aromatic N) is 1. The lowest BCUT2D eigenvalue weighted by Crippen LogP contribution is -2.22. The summed E-state index contributed by atoms with van der Waals surface area (Å²) in [5, 5.41) is 1.22. The number of hydrogen-bond acceptors (Lipinski definition) is 2. The second-order valence-electron chi connectivity index (χ2n) is 9.23. The van der Waals surface area contributed by atoms with Gasteiger partial charge in [0.05, 0.1) is 18.3 Å². The minimum Gasteiger partial charge on any atom is -0.497 e. The summed E-state index contributed by atoms with van der Waals surface area (Å²) in [4.78, 5) is 0. The van der Waals surface area contributed by atoms with Crippen LogP contribution < -0.4 is 4.74 Å². The van der Waals surface area contributed by atoms with Gasteiger partial charge >= 0.3 is 0 Å². The molecule has 3 aromatic carbocycles. The number of ether oxygens (including phenoxy) is 2. The van der Waals surface area contributed by atoms with Crippen LogP contribution in [0.3, 0.4) is 0 Å². The molecule has 0 fully saturated rings. The normalized spacial score (nSPS) is 11.8. The summed E-state index contributed by atoms with van der Waals surface area (Å²) in [7, 11) is 0.554. The Morgan fingerprint density at radius 2 is 1.56 bits per heavy atom. The van der Waals surface area contributed by atoms with Crippen LogP contribution in [0.4, 0.5) is 0 Å². The smallest absolute Gasteiger partial charge is 0.123 e. The van der Waals surface area contributed by atoms with Gasteiger partial charge < -0.3 is 14.0 Å². The highest BCUT2D eigenvalue weighted by Gasteiger charge is 2.22. The van der Waals surface area contributed by atoms with Crippen molar-refractivity contribution in [2.24, 2.45) is 0 Å². The molecule has 1 heterocycles. The van der Waals surface area contributed by atoms with Crippen molar-refractivity contribution in [2.45, 2.75) is 32.4 Å². The standard InChI is InChI=1S/C27H30BrNO2Si/c1-30-21-15-13-20(14-16-21)26-23-10-6-8-12-25(23)29(19-31-17-18-32(2,3)4)27(26)22-9-5-7-11-24(22)28/h5-16H,17-19H2,1-4H3. The first-order valence-electron chi connectivity index (χ1n) is 11.0. The van der Waals surface area contributed by atoms with Gasteiger partial charge in [-0.1, -0.05) is 84.1 Å². The first-order chi connectivity index (χ1) is 15.4. The molecule has 0 amide bonds. The van der Waals surface area contributed by atoms with Crippen LogP contribution in [0.2, 0.25) is 25.7 Å². The predicted octanol–water partition coefficient (Wildman–Crippen LogP) is 8.06. The van der Waals surface area contributed by atoms with Crippen molar-refractivity contribution >= 4 is 34.9 Å². The number of aromatic nitrogens is 1. The van der Waals surface area contributed by atoms with Gasteiger partial charge in [0.15, 0.2) is 0 Å². The molecule has 3 nitrogen and oxygen atoms in total. The average molecular weight is 509 g/mol. The summed E-state index contributed by atoms with van der Waals surface area (Å²) in [6.07, 6.45) is 0. The van der Waals surface area contributed by atoms with Crippen molar-refractivity contribution in [1.82, 2.24) is 4.57 Å². The Morgan fingerprint density at radius 1 is 0.875 bits per heavy atom. The lowest BCUT2D eigenvalue weighted by atomic mass is 9.98. The highest BCUT2D eigenvalue weighted by molar-refractivity contribution is 9.10. The van der Waals surface area contributed by atoms with Crippen LogP contribution in [0.1, 0.15) is 0 Å². The molecule has 32 heavy (non-hydrogen) atoms. The molecule has 0 N–H and O–H groups in total. The summed E-state index contributed by atoms with van der Waals surface area (Å²) in [5.41, 5.74) is 5.87. The first-order valence-corrected chi connectivity index (χ1v) is 15.5. The van der Waals surface area contributed by atoms with Gasteiger partial charge in [0.25, 0.3) is 0 Å². The van der Waals surface area contributed by atoms with Gasteiger partial charge in [0.1, 0.15) is 12.5 Å². The molecule has 0 aliphatic rings. The fourth-order valence-electron chi connectivity index (χ4n) is 3.95. The van der Waals surface area contributed by atoms with Crippen molar-refractivity contribution in [3.8, 4) is 28.1 Å². The zero-order chi connectivity index (χ0) is 22.7. The summed E-state index contributed by atoms with van der Waals surface area (Å²) in [5.74, 6) is 0.856. The maximum Gasteiger partial charge on any atom is 0.123 e. The molecule has 1 aromatic heterocycles. The Bertz CT molecular complexity index is 1210. The number of halogens is 1. The van der Waals surface area contributed by atoms with Gasteiger partial charge in [-0.3, -0.25) is 0 Å². The van der Waals surface area contributed by atoms with E-state index in [4.69, 9.17) is 9.47 Å². The van der Waals surface area contributed by atoms with Crippen LogP contribution >= 0.6 is 15.9 Å². The van der Waals surface area contributed by atoms with E-state index in [-0.39, 0.29) is 0 Å². The Morgan fingerprint density at radius 3 is 2.25 bits per heavy atom. The zero-order valence-corrected chi connectivity index (χ0v) is 21.8. The summed E-state index contributed by atoms with van der Waals surface area (Å²) < 4.78 is 15.0. The van der Waals surface area contributed by atoms with Crippen molar-refractivity contribution in [1.29, 1.82) is 0 Å². The summed E-state index contributed by atoms with van der Waals surface area (Å²) in [6.45, 7) is 8.47. The van der Waals surface area contributed by atoms with E-state index in [2.05, 4.69) is 101 Å². The molecular weight excluding hydrogens is 478 g/mol. The Hall–Kier alpha value is -2.34. The molecule has 0 atom stereocenters. The quantitative estimate of drug-likeness (QED) is 0.178. The van der Waals surface area contributed by atoms with Crippen LogP contribution in [-0.2, 0) is 11.5 Å². The summed E-state index contributed by atoms with van der Waals surface area (Å²) in [6, 6.07) is 26.5. The number of rotatable bonds is 8. The number of para-hydroxylation sites is 1. The van der Waals surface area contributed by atoms with E-state index < -0.39 is 8.07 Å². The molecule has 5 heteroatoms. The number of benzene rings is 3. The third-order valence-electron chi connectivity index (χ3n) is 5.70. The minimum atomic E-state index is -1.15. The average Bonchev–Trinajstić information content (AvgIpc) is 3.10. The molecule has 0 aliphatic carbocycles. The van der Waals surface area contributed by atoms with E-state index in [9.17, 15) is 0 Å². The van der Waals surface area contributed by atoms with Crippen LogP contribution in [0.15, 0.2) is 77.3 Å². The molecular formula is C27H30BrNO2Si. The maximum atomic E-state index is 6.25. The van der Waals surface area contributed by atoms with Gasteiger partial charge in [-0.15, -0.1) is 0 Å². The number of hydrogen-bond donors (Lipinski definition) is 0. The zero-order valence-electron chi connectivity index (χ0n) is 19.2. The highest BCUT2D eigenvalue weighted by atomic mass is 79.9. The molecule has 0 spiro atoms. The fourth-order valence-corrected chi connectivity index (χ4v) is 5.18. The summed E-state index contributed by atoms with van der Waals surface area (Å²) >= 11 is 3.79. The Balaban J connectivity index is 1.89. The molecule has 0 radical (unpaired) electrons. The third-order valence-corrected chi connectivity index (χ3v) is 8.09. The fraction of sp³-hybridized carbons (Fsp3) is 0.259.